The van der Waals surface area contributed by atoms with Crippen LogP contribution in [0.4, 0.5) is 10.2 Å². The van der Waals surface area contributed by atoms with Crippen molar-refractivity contribution in [2.45, 2.75) is 58.2 Å². The monoisotopic (exact) mass is 653 g/mol. The second-order valence-electron chi connectivity index (χ2n) is 11.9. The zero-order valence-corrected chi connectivity index (χ0v) is 27.4. The molecule has 1 fully saturated rings. The molecule has 13 heteroatoms. The number of likely N-dealkylation sites (tertiary alicyclic amines) is 1. The Morgan fingerprint density at radius 3 is 2.73 bits per heavy atom. The number of nitrogen functional groups attached to an aromatic ring is 1. The second-order valence-corrected chi connectivity index (χ2v) is 11.9. The first-order valence-corrected chi connectivity index (χ1v) is 16.0. The van der Waals surface area contributed by atoms with E-state index in [1.165, 1.54) is 19.3 Å². The quantitative estimate of drug-likeness (QED) is 0.116. The number of para-hydroxylation sites is 1. The first-order valence-electron chi connectivity index (χ1n) is 16.0. The highest BCUT2D eigenvalue weighted by molar-refractivity contribution is 5.98. The van der Waals surface area contributed by atoms with Gasteiger partial charge in [-0.25, -0.2) is 23.9 Å². The molecule has 48 heavy (non-hydrogen) atoms. The van der Waals surface area contributed by atoms with E-state index in [9.17, 15) is 9.59 Å². The Morgan fingerprint density at radius 2 is 2.00 bits per heavy atom. The molecule has 250 valence electrons. The van der Waals surface area contributed by atoms with Gasteiger partial charge in [0.05, 0.1) is 24.5 Å². The van der Waals surface area contributed by atoms with Crippen LogP contribution in [0.25, 0.3) is 27.1 Å². The second kappa shape index (κ2) is 15.5. The lowest BCUT2D eigenvalue weighted by Gasteiger charge is -2.26. The number of amides is 2. The van der Waals surface area contributed by atoms with Gasteiger partial charge in [-0.3, -0.25) is 9.59 Å². The van der Waals surface area contributed by atoms with Gasteiger partial charge < -0.3 is 25.6 Å². The molecule has 4 aromatic rings. The maximum atomic E-state index is 15.6. The van der Waals surface area contributed by atoms with Crippen molar-refractivity contribution in [3.05, 3.63) is 83.9 Å². The van der Waals surface area contributed by atoms with Gasteiger partial charge in [0.1, 0.15) is 35.2 Å². The molecule has 12 nitrogen and oxygen atoms in total. The first-order chi connectivity index (χ1) is 23.2. The van der Waals surface area contributed by atoms with Crippen LogP contribution >= 0.6 is 0 Å². The number of ether oxygens (including phenoxy) is 1. The number of carbonyl (C=O) groups excluding carboxylic acids is 2. The van der Waals surface area contributed by atoms with Gasteiger partial charge in [0.15, 0.2) is 5.65 Å². The van der Waals surface area contributed by atoms with E-state index >= 15 is 4.39 Å². The van der Waals surface area contributed by atoms with E-state index in [-0.39, 0.29) is 47.5 Å². The normalized spacial score (nSPS) is 15.5. The molecule has 0 spiro atoms. The maximum Gasteiger partial charge on any atom is 0.252 e. The van der Waals surface area contributed by atoms with E-state index in [0.717, 1.165) is 25.8 Å². The fraction of sp³-hybridized carbons (Fsp3) is 0.371. The molecular formula is C35H40FN9O3. The lowest BCUT2D eigenvalue weighted by atomic mass is 10.1. The predicted octanol–water partition coefficient (Wildman–Crippen LogP) is 5.04. The van der Waals surface area contributed by atoms with Gasteiger partial charge in [0.2, 0.25) is 11.6 Å². The van der Waals surface area contributed by atoms with E-state index in [1.54, 1.807) is 39.9 Å². The zero-order chi connectivity index (χ0) is 34.2. The average molecular weight is 654 g/mol. The molecule has 1 aliphatic heterocycles. The number of rotatable bonds is 13. The number of halogens is 1. The molecule has 2 aromatic heterocycles. The van der Waals surface area contributed by atoms with E-state index in [1.807, 2.05) is 32.2 Å². The van der Waals surface area contributed by atoms with Crippen molar-refractivity contribution in [3.8, 4) is 22.8 Å². The number of hydrogen-bond acceptors (Lipinski definition) is 8. The van der Waals surface area contributed by atoms with Crippen molar-refractivity contribution in [2.24, 2.45) is 0 Å². The largest absolute Gasteiger partial charge is 0.457 e. The summed E-state index contributed by atoms with van der Waals surface area (Å²) in [6.45, 7) is 13.4. The smallest absolute Gasteiger partial charge is 0.252 e. The Bertz CT molecular complexity index is 1840. The van der Waals surface area contributed by atoms with Crippen LogP contribution in [0.1, 0.15) is 39.5 Å². The third kappa shape index (κ3) is 7.95. The van der Waals surface area contributed by atoms with Gasteiger partial charge >= 0.3 is 0 Å². The predicted molar refractivity (Wildman–Crippen MR) is 181 cm³/mol. The standard InChI is InChI=1S/C35H40FN9O3/c1-23(43(4)17-9-8-16-39-24(2)46)19-30(38-3)35(47)44-18-10-11-25(44)21-45-34-31(33(37)40-22-41-34)32(42-45)28-15-14-27(20-29(28)36)48-26-12-6-5-7-13-26/h5-7,12-15,19-20,22-23,25H,8-11,16-18,21H2,1-2,4H3,(H,39,46)(H2,37,40,41)/b30-19-/t23?,25-/m0/s1. The summed E-state index contributed by atoms with van der Waals surface area (Å²) in [7, 11) is 1.95. The fourth-order valence-corrected chi connectivity index (χ4v) is 5.83. The highest BCUT2D eigenvalue weighted by atomic mass is 19.1. The van der Waals surface area contributed by atoms with Crippen LogP contribution in [0.3, 0.4) is 0 Å². The van der Waals surface area contributed by atoms with Crippen LogP contribution < -0.4 is 15.8 Å². The lowest BCUT2D eigenvalue weighted by Crippen LogP contribution is -2.39. The number of likely N-dealkylation sites (N-methyl/N-ethyl adjacent to an activating group) is 1. The van der Waals surface area contributed by atoms with Crippen LogP contribution in [0.5, 0.6) is 11.5 Å². The fourth-order valence-electron chi connectivity index (χ4n) is 5.83. The van der Waals surface area contributed by atoms with E-state index < -0.39 is 5.82 Å². The Labute approximate surface area is 279 Å². The Balaban J connectivity index is 1.33. The summed E-state index contributed by atoms with van der Waals surface area (Å²) in [5, 5.41) is 7.96. The molecule has 1 unspecified atom stereocenters. The molecule has 3 heterocycles. The minimum Gasteiger partial charge on any atom is -0.457 e. The van der Waals surface area contributed by atoms with Gasteiger partial charge in [-0.1, -0.05) is 24.3 Å². The number of nitrogens with zero attached hydrogens (tertiary/aromatic N) is 7. The van der Waals surface area contributed by atoms with Crippen molar-refractivity contribution in [1.29, 1.82) is 0 Å². The number of nitrogens with one attached hydrogen (secondary N) is 1. The van der Waals surface area contributed by atoms with Crippen LogP contribution in [-0.4, -0.2) is 80.1 Å². The number of aromatic nitrogens is 4. The van der Waals surface area contributed by atoms with Crippen molar-refractivity contribution in [2.75, 3.05) is 32.4 Å². The Morgan fingerprint density at radius 1 is 1.21 bits per heavy atom. The van der Waals surface area contributed by atoms with Crippen molar-refractivity contribution >= 4 is 28.7 Å². The summed E-state index contributed by atoms with van der Waals surface area (Å²) < 4.78 is 23.0. The van der Waals surface area contributed by atoms with Gasteiger partial charge in [0.25, 0.3) is 5.91 Å². The molecule has 2 amide bonds. The molecule has 1 saturated heterocycles. The van der Waals surface area contributed by atoms with E-state index in [2.05, 4.69) is 25.0 Å². The average Bonchev–Trinajstić information content (AvgIpc) is 3.69. The van der Waals surface area contributed by atoms with Crippen LogP contribution in [0.2, 0.25) is 0 Å². The third-order valence-corrected chi connectivity index (χ3v) is 8.50. The molecule has 5 rings (SSSR count). The SMILES string of the molecule is [C-]#[N+]/C(=C\C(C)N(C)CCCCNC(C)=O)C(=O)N1CCC[C@H]1Cn1nc(-c2ccc(Oc3ccccc3)cc2F)c2c(N)ncnc21. The molecule has 3 N–H and O–H groups in total. The van der Waals surface area contributed by atoms with Crippen molar-refractivity contribution in [3.63, 3.8) is 0 Å². The summed E-state index contributed by atoms with van der Waals surface area (Å²) in [6, 6.07) is 13.3. The summed E-state index contributed by atoms with van der Waals surface area (Å²) in [5.74, 6) is 0.157. The van der Waals surface area contributed by atoms with E-state index in [0.29, 0.717) is 47.7 Å². The summed E-state index contributed by atoms with van der Waals surface area (Å²) in [4.78, 5) is 40.7. The van der Waals surface area contributed by atoms with Gasteiger partial charge in [-0.15, -0.1) is 0 Å². The molecule has 0 aliphatic carbocycles. The molecule has 0 radical (unpaired) electrons. The van der Waals surface area contributed by atoms with Gasteiger partial charge in [-0.2, -0.15) is 5.10 Å². The lowest BCUT2D eigenvalue weighted by molar-refractivity contribution is -0.127. The molecule has 1 aliphatic rings. The first kappa shape index (κ1) is 34.0. The minimum atomic E-state index is -0.547. The van der Waals surface area contributed by atoms with Gasteiger partial charge in [-0.05, 0) is 70.5 Å². The number of hydrogen-bond donors (Lipinski definition) is 2. The number of fused-ring (bicyclic) bond motifs is 1. The Kier molecular flexibility index (Phi) is 11.0. The highest BCUT2D eigenvalue weighted by Crippen LogP contribution is 2.35. The number of anilines is 1. The summed E-state index contributed by atoms with van der Waals surface area (Å²) in [6.07, 6.45) is 6.23. The molecule has 0 bridgehead atoms. The van der Waals surface area contributed by atoms with Crippen molar-refractivity contribution in [1.82, 2.24) is 34.9 Å². The zero-order valence-electron chi connectivity index (χ0n) is 27.4. The number of nitrogens with two attached hydrogens (primary N) is 1. The van der Waals surface area contributed by atoms with Crippen LogP contribution in [0, 0.1) is 12.4 Å². The molecular weight excluding hydrogens is 613 g/mol. The Hall–Kier alpha value is -5.35. The number of carbonyl (C=O) groups is 2. The van der Waals surface area contributed by atoms with Crippen molar-refractivity contribution < 1.29 is 18.7 Å². The minimum absolute atomic E-state index is 0.0486. The van der Waals surface area contributed by atoms with Crippen LogP contribution in [0.15, 0.2) is 66.6 Å². The van der Waals surface area contributed by atoms with Crippen LogP contribution in [-0.2, 0) is 16.1 Å². The van der Waals surface area contributed by atoms with Gasteiger partial charge in [0, 0.05) is 37.7 Å². The molecule has 2 atom stereocenters. The van der Waals surface area contributed by atoms with E-state index in [4.69, 9.17) is 22.1 Å². The molecule has 0 saturated carbocycles. The maximum absolute atomic E-state index is 15.6. The summed E-state index contributed by atoms with van der Waals surface area (Å²) >= 11 is 0. The third-order valence-electron chi connectivity index (χ3n) is 8.50. The number of unbranched alkanes of at least 4 members (excludes halogenated alkanes) is 1. The highest BCUT2D eigenvalue weighted by Gasteiger charge is 2.33. The summed E-state index contributed by atoms with van der Waals surface area (Å²) in [5.41, 5.74) is 7.28. The molecule has 2 aromatic carbocycles. The number of benzene rings is 2. The topological polar surface area (TPSA) is 136 Å².